The second-order valence-corrected chi connectivity index (χ2v) is 6.73. The van der Waals surface area contributed by atoms with Gasteiger partial charge in [-0.25, -0.2) is 0 Å². The maximum absolute atomic E-state index is 11.9. The lowest BCUT2D eigenvalue weighted by molar-refractivity contribution is -0.122. The molecular weight excluding hydrogens is 224 g/mol. The van der Waals surface area contributed by atoms with E-state index < -0.39 is 0 Å². The highest BCUT2D eigenvalue weighted by atomic mass is 16.1. The summed E-state index contributed by atoms with van der Waals surface area (Å²) >= 11 is 0. The number of amides is 1. The van der Waals surface area contributed by atoms with Crippen molar-refractivity contribution in [3.63, 3.8) is 0 Å². The maximum atomic E-state index is 11.9. The largest absolute Gasteiger partial charge is 0.355 e. The van der Waals surface area contributed by atoms with Crippen molar-refractivity contribution in [3.8, 4) is 0 Å². The van der Waals surface area contributed by atoms with Gasteiger partial charge in [0.05, 0.1) is 0 Å². The van der Waals surface area contributed by atoms with E-state index in [0.29, 0.717) is 17.9 Å². The summed E-state index contributed by atoms with van der Waals surface area (Å²) in [6.07, 6.45) is 8.24. The van der Waals surface area contributed by atoms with E-state index in [1.807, 2.05) is 0 Å². The van der Waals surface area contributed by atoms with Crippen molar-refractivity contribution in [1.82, 2.24) is 10.6 Å². The third-order valence-corrected chi connectivity index (χ3v) is 4.51. The van der Waals surface area contributed by atoms with Crippen molar-refractivity contribution in [1.29, 1.82) is 0 Å². The summed E-state index contributed by atoms with van der Waals surface area (Å²) in [4.78, 5) is 11.9. The zero-order chi connectivity index (χ0) is 13.0. The molecule has 0 aromatic heterocycles. The topological polar surface area (TPSA) is 41.1 Å². The van der Waals surface area contributed by atoms with Gasteiger partial charge in [0.2, 0.25) is 5.91 Å². The van der Waals surface area contributed by atoms with Crippen LogP contribution < -0.4 is 10.6 Å². The molecule has 18 heavy (non-hydrogen) atoms. The first-order valence-corrected chi connectivity index (χ1v) is 7.60. The Morgan fingerprint density at radius 2 is 2.17 bits per heavy atom. The van der Waals surface area contributed by atoms with Crippen molar-refractivity contribution in [3.05, 3.63) is 0 Å². The van der Waals surface area contributed by atoms with Gasteiger partial charge in [-0.1, -0.05) is 20.3 Å². The van der Waals surface area contributed by atoms with E-state index >= 15 is 0 Å². The van der Waals surface area contributed by atoms with E-state index in [1.54, 1.807) is 0 Å². The predicted molar refractivity (Wildman–Crippen MR) is 74.4 cm³/mol. The summed E-state index contributed by atoms with van der Waals surface area (Å²) in [5, 5.41) is 6.56. The van der Waals surface area contributed by atoms with Crippen LogP contribution in [0.25, 0.3) is 0 Å². The quantitative estimate of drug-likeness (QED) is 0.762. The number of nitrogens with one attached hydrogen (secondary N) is 2. The molecule has 1 aliphatic heterocycles. The molecular formula is C15H28N2O. The average Bonchev–Trinajstić information content (AvgIpc) is 2.74. The van der Waals surface area contributed by atoms with Gasteiger partial charge in [-0.15, -0.1) is 0 Å². The molecule has 0 spiro atoms. The third-order valence-electron chi connectivity index (χ3n) is 4.51. The van der Waals surface area contributed by atoms with E-state index in [1.165, 1.54) is 32.1 Å². The van der Waals surface area contributed by atoms with Crippen LogP contribution in [0.1, 0.15) is 58.8 Å². The molecule has 104 valence electrons. The molecule has 3 nitrogen and oxygen atoms in total. The highest BCUT2D eigenvalue weighted by molar-refractivity contribution is 5.76. The van der Waals surface area contributed by atoms with Crippen LogP contribution in [-0.4, -0.2) is 25.0 Å². The van der Waals surface area contributed by atoms with Gasteiger partial charge in [-0.05, 0) is 50.0 Å². The van der Waals surface area contributed by atoms with Crippen LogP contribution in [0, 0.1) is 11.3 Å². The normalized spacial score (nSPS) is 26.1. The molecule has 3 heteroatoms. The maximum Gasteiger partial charge on any atom is 0.221 e. The molecule has 1 unspecified atom stereocenters. The smallest absolute Gasteiger partial charge is 0.221 e. The van der Waals surface area contributed by atoms with Gasteiger partial charge in [0.1, 0.15) is 0 Å². The van der Waals surface area contributed by atoms with Crippen molar-refractivity contribution in [2.24, 2.45) is 11.3 Å². The number of rotatable bonds is 6. The second kappa shape index (κ2) is 6.05. The van der Waals surface area contributed by atoms with Crippen molar-refractivity contribution in [2.45, 2.75) is 64.8 Å². The SMILES string of the molecule is CC(C)CC1(CNC(=O)CC2CCCN2)CCC1. The van der Waals surface area contributed by atoms with Crippen LogP contribution in [0.15, 0.2) is 0 Å². The number of hydrogen-bond acceptors (Lipinski definition) is 2. The first-order valence-electron chi connectivity index (χ1n) is 7.60. The first kappa shape index (κ1) is 13.9. The van der Waals surface area contributed by atoms with Crippen molar-refractivity contribution >= 4 is 5.91 Å². The summed E-state index contributed by atoms with van der Waals surface area (Å²) in [5.41, 5.74) is 0.424. The molecule has 1 amide bonds. The fourth-order valence-electron chi connectivity index (χ4n) is 3.51. The van der Waals surface area contributed by atoms with Crippen LogP contribution >= 0.6 is 0 Å². The second-order valence-electron chi connectivity index (χ2n) is 6.73. The summed E-state index contributed by atoms with van der Waals surface area (Å²) in [6, 6.07) is 0.424. The zero-order valence-corrected chi connectivity index (χ0v) is 11.9. The van der Waals surface area contributed by atoms with E-state index in [9.17, 15) is 4.79 Å². The molecule has 0 aromatic rings. The Balaban J connectivity index is 1.70. The summed E-state index contributed by atoms with van der Waals surface area (Å²) < 4.78 is 0. The summed E-state index contributed by atoms with van der Waals surface area (Å²) in [6.45, 7) is 6.54. The van der Waals surface area contributed by atoms with Crippen molar-refractivity contribution in [2.75, 3.05) is 13.1 Å². The lowest BCUT2D eigenvalue weighted by atomic mass is 9.64. The molecule has 0 bridgehead atoms. The predicted octanol–water partition coefficient (Wildman–Crippen LogP) is 2.46. The Morgan fingerprint density at radius 1 is 1.39 bits per heavy atom. The fourth-order valence-corrected chi connectivity index (χ4v) is 3.51. The Bertz CT molecular complexity index is 278. The van der Waals surface area contributed by atoms with Gasteiger partial charge >= 0.3 is 0 Å². The lowest BCUT2D eigenvalue weighted by Crippen LogP contribution is -2.44. The third kappa shape index (κ3) is 3.71. The first-order chi connectivity index (χ1) is 8.60. The number of carbonyl (C=O) groups is 1. The van der Waals surface area contributed by atoms with Crippen molar-refractivity contribution < 1.29 is 4.79 Å². The molecule has 2 N–H and O–H groups in total. The minimum absolute atomic E-state index is 0.240. The zero-order valence-electron chi connectivity index (χ0n) is 11.9. The molecule has 1 atom stereocenters. The number of hydrogen-bond donors (Lipinski definition) is 2. The Morgan fingerprint density at radius 3 is 2.67 bits per heavy atom. The lowest BCUT2D eigenvalue weighted by Gasteiger charge is -2.43. The van der Waals surface area contributed by atoms with E-state index in [2.05, 4.69) is 24.5 Å². The van der Waals surface area contributed by atoms with E-state index in [-0.39, 0.29) is 5.91 Å². The monoisotopic (exact) mass is 252 g/mol. The van der Waals surface area contributed by atoms with Gasteiger partial charge in [0, 0.05) is 19.0 Å². The van der Waals surface area contributed by atoms with Crippen LogP contribution in [0.5, 0.6) is 0 Å². The molecule has 0 aromatic carbocycles. The number of carbonyl (C=O) groups excluding carboxylic acids is 1. The van der Waals surface area contributed by atoms with Gasteiger partial charge in [0.25, 0.3) is 0 Å². The highest BCUT2D eigenvalue weighted by Crippen LogP contribution is 2.45. The minimum Gasteiger partial charge on any atom is -0.355 e. The van der Waals surface area contributed by atoms with Crippen LogP contribution in [0.3, 0.4) is 0 Å². The molecule has 1 saturated carbocycles. The average molecular weight is 252 g/mol. The van der Waals surface area contributed by atoms with Gasteiger partial charge in [-0.3, -0.25) is 4.79 Å². The van der Waals surface area contributed by atoms with Crippen LogP contribution in [0.4, 0.5) is 0 Å². The summed E-state index contributed by atoms with van der Waals surface area (Å²) in [7, 11) is 0. The molecule has 1 saturated heterocycles. The molecule has 2 aliphatic rings. The van der Waals surface area contributed by atoms with Gasteiger partial charge in [0.15, 0.2) is 0 Å². The highest BCUT2D eigenvalue weighted by Gasteiger charge is 2.37. The van der Waals surface area contributed by atoms with Gasteiger partial charge < -0.3 is 10.6 Å². The molecule has 2 fully saturated rings. The Hall–Kier alpha value is -0.570. The summed E-state index contributed by atoms with van der Waals surface area (Å²) in [5.74, 6) is 0.975. The molecule has 2 rings (SSSR count). The van der Waals surface area contributed by atoms with Gasteiger partial charge in [-0.2, -0.15) is 0 Å². The van der Waals surface area contributed by atoms with Crippen LogP contribution in [-0.2, 0) is 4.79 Å². The molecule has 0 radical (unpaired) electrons. The molecule has 1 heterocycles. The van der Waals surface area contributed by atoms with E-state index in [4.69, 9.17) is 0 Å². The fraction of sp³-hybridized carbons (Fsp3) is 0.933. The minimum atomic E-state index is 0.240. The van der Waals surface area contributed by atoms with Crippen LogP contribution in [0.2, 0.25) is 0 Å². The molecule has 1 aliphatic carbocycles. The Labute approximate surface area is 111 Å². The Kier molecular flexibility index (Phi) is 4.66. The van der Waals surface area contributed by atoms with E-state index in [0.717, 1.165) is 25.4 Å². The standard InChI is InChI=1S/C15H28N2O/c1-12(2)10-15(6-4-7-15)11-17-14(18)9-13-5-3-8-16-13/h12-13,16H,3-11H2,1-2H3,(H,17,18).